The molecule has 1 rings (SSSR count). The molecule has 0 saturated heterocycles. The minimum Gasteiger partial charge on any atom is -0.427 e. The first-order valence-corrected chi connectivity index (χ1v) is 13.2. The lowest BCUT2D eigenvalue weighted by Crippen LogP contribution is -2.49. The summed E-state index contributed by atoms with van der Waals surface area (Å²) in [4.78, 5) is 2.64. The van der Waals surface area contributed by atoms with Crippen molar-refractivity contribution < 1.29 is 9.76 Å². The summed E-state index contributed by atoms with van der Waals surface area (Å²) >= 11 is 0. The van der Waals surface area contributed by atoms with Gasteiger partial charge in [0.1, 0.15) is 0 Å². The molecule has 4 heteroatoms. The zero-order chi connectivity index (χ0) is 24.2. The van der Waals surface area contributed by atoms with Crippen LogP contribution in [0.25, 0.3) is 0 Å². The van der Waals surface area contributed by atoms with E-state index in [0.29, 0.717) is 0 Å². The third kappa shape index (κ3) is 9.87. The standard InChI is InChI=1S/C28H51BNO2/c1-9-13-15-23(11-3)21-30(22-24(12-4)16-14-10-2)26-19-17-25(18-20-26)29-32-28(7,8)27(5,6)31/h17-20,23-24,31H,9-16,21-22H2,1-8H3. The second-order valence-electron chi connectivity index (χ2n) is 10.6. The Kier molecular flexibility index (Phi) is 13.0. The Morgan fingerprint density at radius 3 is 1.69 bits per heavy atom. The van der Waals surface area contributed by atoms with Gasteiger partial charge < -0.3 is 14.7 Å². The summed E-state index contributed by atoms with van der Waals surface area (Å²) in [6.45, 7) is 19.0. The summed E-state index contributed by atoms with van der Waals surface area (Å²) in [5, 5.41) is 10.3. The van der Waals surface area contributed by atoms with Crippen molar-refractivity contribution in [2.75, 3.05) is 18.0 Å². The van der Waals surface area contributed by atoms with Gasteiger partial charge >= 0.3 is 7.48 Å². The number of benzene rings is 1. The second kappa shape index (κ2) is 14.3. The lowest BCUT2D eigenvalue weighted by atomic mass is 9.82. The predicted octanol–water partition coefficient (Wildman–Crippen LogP) is 6.74. The summed E-state index contributed by atoms with van der Waals surface area (Å²) < 4.78 is 5.94. The smallest absolute Gasteiger partial charge is 0.330 e. The number of aliphatic hydroxyl groups is 1. The number of anilines is 1. The van der Waals surface area contributed by atoms with Gasteiger partial charge in [-0.05, 0) is 64.5 Å². The van der Waals surface area contributed by atoms with Crippen LogP contribution < -0.4 is 10.4 Å². The molecule has 0 saturated carbocycles. The van der Waals surface area contributed by atoms with Crippen molar-refractivity contribution in [1.29, 1.82) is 0 Å². The maximum atomic E-state index is 10.3. The highest BCUT2D eigenvalue weighted by Gasteiger charge is 2.35. The average Bonchev–Trinajstić information content (AvgIpc) is 2.76. The molecule has 0 spiro atoms. The Bertz CT molecular complexity index is 591. The number of unbranched alkanes of at least 4 members (excludes halogenated alkanes) is 2. The van der Waals surface area contributed by atoms with Crippen LogP contribution in [-0.4, -0.2) is 36.9 Å². The maximum Gasteiger partial charge on any atom is 0.330 e. The van der Waals surface area contributed by atoms with E-state index < -0.39 is 11.2 Å². The van der Waals surface area contributed by atoms with Crippen LogP contribution in [0.3, 0.4) is 0 Å². The summed E-state index contributed by atoms with van der Waals surface area (Å²) in [5.41, 5.74) is 0.774. The van der Waals surface area contributed by atoms with Gasteiger partial charge in [-0.15, -0.1) is 0 Å². The summed E-state index contributed by atoms with van der Waals surface area (Å²) in [5.74, 6) is 1.50. The summed E-state index contributed by atoms with van der Waals surface area (Å²) in [7, 11) is 1.78. The van der Waals surface area contributed by atoms with Gasteiger partial charge in [0, 0.05) is 18.8 Å². The van der Waals surface area contributed by atoms with E-state index in [1.807, 2.05) is 13.8 Å². The highest BCUT2D eigenvalue weighted by Crippen LogP contribution is 2.25. The van der Waals surface area contributed by atoms with E-state index in [0.717, 1.165) is 30.4 Å². The van der Waals surface area contributed by atoms with Crippen molar-refractivity contribution in [3.63, 3.8) is 0 Å². The minimum atomic E-state index is -0.915. The molecule has 1 N–H and O–H groups in total. The van der Waals surface area contributed by atoms with E-state index in [1.54, 1.807) is 21.3 Å². The fraction of sp³-hybridized carbons (Fsp3) is 0.786. The fourth-order valence-electron chi connectivity index (χ4n) is 3.87. The SMILES string of the molecule is CCCCC(CC)CN(CC(CC)CCCC)c1ccc([B]OC(C)(C)C(C)(C)O)cc1. The van der Waals surface area contributed by atoms with Crippen LogP contribution >= 0.6 is 0 Å². The number of hydrogen-bond acceptors (Lipinski definition) is 3. The third-order valence-corrected chi connectivity index (χ3v) is 7.26. The van der Waals surface area contributed by atoms with Crippen LogP contribution in [-0.2, 0) is 4.65 Å². The summed E-state index contributed by atoms with van der Waals surface area (Å²) in [6, 6.07) is 8.77. The number of hydrogen-bond donors (Lipinski definition) is 1. The second-order valence-corrected chi connectivity index (χ2v) is 10.6. The average molecular weight is 445 g/mol. The monoisotopic (exact) mass is 444 g/mol. The molecule has 0 aliphatic rings. The van der Waals surface area contributed by atoms with Crippen molar-refractivity contribution in [2.45, 2.75) is 118 Å². The Hall–Kier alpha value is -0.995. The Morgan fingerprint density at radius 1 is 0.844 bits per heavy atom. The van der Waals surface area contributed by atoms with Crippen molar-refractivity contribution >= 4 is 18.6 Å². The van der Waals surface area contributed by atoms with E-state index in [-0.39, 0.29) is 0 Å². The molecular weight excluding hydrogens is 393 g/mol. The van der Waals surface area contributed by atoms with Gasteiger partial charge in [0.15, 0.2) is 0 Å². The molecule has 1 radical (unpaired) electrons. The molecule has 0 aliphatic carbocycles. The molecule has 0 fully saturated rings. The first-order chi connectivity index (χ1) is 15.1. The molecule has 1 aromatic carbocycles. The molecule has 3 nitrogen and oxygen atoms in total. The topological polar surface area (TPSA) is 32.7 Å². The predicted molar refractivity (Wildman–Crippen MR) is 142 cm³/mol. The van der Waals surface area contributed by atoms with Crippen LogP contribution in [0, 0.1) is 11.8 Å². The van der Waals surface area contributed by atoms with Crippen molar-refractivity contribution in [3.8, 4) is 0 Å². The largest absolute Gasteiger partial charge is 0.427 e. The van der Waals surface area contributed by atoms with Gasteiger partial charge in [0.25, 0.3) is 0 Å². The van der Waals surface area contributed by atoms with Crippen LogP contribution in [0.2, 0.25) is 0 Å². The molecule has 2 unspecified atom stereocenters. The zero-order valence-corrected chi connectivity index (χ0v) is 22.4. The minimum absolute atomic E-state index is 0.654. The Morgan fingerprint density at radius 2 is 1.31 bits per heavy atom. The molecule has 0 amide bonds. The Labute approximate surface area is 200 Å². The van der Waals surface area contributed by atoms with E-state index in [9.17, 15) is 5.11 Å². The van der Waals surface area contributed by atoms with Gasteiger partial charge in [-0.1, -0.05) is 83.8 Å². The molecule has 32 heavy (non-hydrogen) atoms. The van der Waals surface area contributed by atoms with Crippen molar-refractivity contribution in [1.82, 2.24) is 0 Å². The van der Waals surface area contributed by atoms with Gasteiger partial charge in [-0.3, -0.25) is 0 Å². The molecule has 0 aliphatic heterocycles. The highest BCUT2D eigenvalue weighted by molar-refractivity contribution is 6.47. The Balaban J connectivity index is 2.94. The normalized spacial score (nSPS) is 14.3. The quantitative estimate of drug-likeness (QED) is 0.270. The van der Waals surface area contributed by atoms with Gasteiger partial charge in [-0.2, -0.15) is 0 Å². The van der Waals surface area contributed by atoms with E-state index in [4.69, 9.17) is 4.65 Å². The van der Waals surface area contributed by atoms with Crippen molar-refractivity contribution in [2.24, 2.45) is 11.8 Å². The highest BCUT2D eigenvalue weighted by atomic mass is 16.5. The lowest BCUT2D eigenvalue weighted by molar-refractivity contribution is -0.0893. The van der Waals surface area contributed by atoms with Crippen LogP contribution in [0.15, 0.2) is 24.3 Å². The first-order valence-electron chi connectivity index (χ1n) is 13.2. The van der Waals surface area contributed by atoms with E-state index in [2.05, 4.69) is 56.9 Å². The molecule has 0 heterocycles. The first kappa shape index (κ1) is 29.0. The molecule has 0 bridgehead atoms. The van der Waals surface area contributed by atoms with Gasteiger partial charge in [0.05, 0.1) is 11.2 Å². The van der Waals surface area contributed by atoms with Gasteiger partial charge in [-0.25, -0.2) is 0 Å². The van der Waals surface area contributed by atoms with Crippen LogP contribution in [0.5, 0.6) is 0 Å². The van der Waals surface area contributed by atoms with Gasteiger partial charge in [0.2, 0.25) is 0 Å². The molecule has 0 aromatic heterocycles. The zero-order valence-electron chi connectivity index (χ0n) is 22.4. The van der Waals surface area contributed by atoms with Crippen LogP contribution in [0.1, 0.15) is 107 Å². The molecule has 2 atom stereocenters. The van der Waals surface area contributed by atoms with Crippen LogP contribution in [0.4, 0.5) is 5.69 Å². The summed E-state index contributed by atoms with van der Waals surface area (Å²) in [6.07, 6.45) is 10.3. The molecular formula is C28H51BNO2. The molecule has 183 valence electrons. The van der Waals surface area contributed by atoms with Crippen molar-refractivity contribution in [3.05, 3.63) is 24.3 Å². The van der Waals surface area contributed by atoms with E-state index >= 15 is 0 Å². The lowest BCUT2D eigenvalue weighted by Gasteiger charge is -2.37. The number of rotatable bonds is 17. The number of nitrogens with zero attached hydrogens (tertiary/aromatic N) is 1. The molecule has 1 aromatic rings. The fourth-order valence-corrected chi connectivity index (χ4v) is 3.87. The van der Waals surface area contributed by atoms with E-state index in [1.165, 1.54) is 57.1 Å². The third-order valence-electron chi connectivity index (χ3n) is 7.26. The maximum absolute atomic E-state index is 10.3.